The molecule has 0 unspecified atom stereocenters. The zero-order valence-corrected chi connectivity index (χ0v) is 17.5. The number of carbonyl (C=O) groups excluding carboxylic acids is 1. The van der Waals surface area contributed by atoms with Crippen LogP contribution in [0.3, 0.4) is 0 Å². The van der Waals surface area contributed by atoms with E-state index in [1.165, 1.54) is 24.8 Å². The van der Waals surface area contributed by atoms with Gasteiger partial charge in [-0.25, -0.2) is 0 Å². The van der Waals surface area contributed by atoms with E-state index in [-0.39, 0.29) is 6.41 Å². The van der Waals surface area contributed by atoms with Crippen LogP contribution in [0.4, 0.5) is 0 Å². The van der Waals surface area contributed by atoms with E-state index in [4.69, 9.17) is 26.4 Å². The van der Waals surface area contributed by atoms with Crippen molar-refractivity contribution < 1.29 is 9.53 Å². The third-order valence-electron chi connectivity index (χ3n) is 4.18. The van der Waals surface area contributed by atoms with Crippen molar-refractivity contribution in [3.05, 3.63) is 46.7 Å². The van der Waals surface area contributed by atoms with Crippen LogP contribution in [0, 0.1) is 18.3 Å². The number of ether oxygens (including phenoxy) is 1. The highest BCUT2D eigenvalue weighted by molar-refractivity contribution is 6.31. The Balaban J connectivity index is 0.000000276. The van der Waals surface area contributed by atoms with E-state index in [0.717, 1.165) is 18.6 Å². The maximum Gasteiger partial charge on any atom is 0.204 e. The van der Waals surface area contributed by atoms with Crippen LogP contribution in [0.2, 0.25) is 5.02 Å². The lowest BCUT2D eigenvalue weighted by Gasteiger charge is -2.23. The van der Waals surface area contributed by atoms with Crippen LogP contribution in [0.5, 0.6) is 5.75 Å². The fourth-order valence-electron chi connectivity index (χ4n) is 2.75. The highest BCUT2D eigenvalue weighted by Crippen LogP contribution is 2.26. The monoisotopic (exact) mass is 404 g/mol. The minimum absolute atomic E-state index is 0.250. The van der Waals surface area contributed by atoms with Gasteiger partial charge in [0.15, 0.2) is 0 Å². The van der Waals surface area contributed by atoms with Gasteiger partial charge in [0.05, 0.1) is 22.9 Å². The summed E-state index contributed by atoms with van der Waals surface area (Å²) in [5, 5.41) is 13.4. The molecular weight excluding hydrogens is 376 g/mol. The highest BCUT2D eigenvalue weighted by Gasteiger charge is 2.15. The minimum Gasteiger partial charge on any atom is -0.490 e. The Morgan fingerprint density at radius 1 is 1.36 bits per heavy atom. The van der Waals surface area contributed by atoms with Gasteiger partial charge in [-0.1, -0.05) is 18.0 Å². The number of nitriles is 1. The van der Waals surface area contributed by atoms with Crippen LogP contribution in [0.15, 0.2) is 30.6 Å². The maximum absolute atomic E-state index is 8.76. The number of halogens is 1. The number of amides is 1. The molecule has 1 aromatic heterocycles. The first kappa shape index (κ1) is 23.5. The molecule has 0 spiro atoms. The molecule has 6 nitrogen and oxygen atoms in total. The first-order valence-corrected chi connectivity index (χ1v) is 9.81. The van der Waals surface area contributed by atoms with Crippen molar-refractivity contribution in [3.63, 3.8) is 0 Å². The first-order chi connectivity index (χ1) is 13.4. The number of nitrogens with zero attached hydrogens (tertiary/aromatic N) is 3. The first-order valence-electron chi connectivity index (χ1n) is 9.43. The topological polar surface area (TPSA) is 93.9 Å². The Morgan fingerprint density at radius 3 is 2.43 bits per heavy atom. The van der Waals surface area contributed by atoms with Crippen molar-refractivity contribution in [1.82, 2.24) is 9.78 Å². The summed E-state index contributed by atoms with van der Waals surface area (Å²) in [5.41, 5.74) is 5.89. The fourth-order valence-corrected chi connectivity index (χ4v) is 2.96. The Hall–Kier alpha value is -2.52. The predicted molar refractivity (Wildman–Crippen MR) is 111 cm³/mol. The standard InChI is InChI=1S/C13H14ClNO.C7H12N2.CH3NO/c14-13-8-12(7-6-10(13)9-15)16-11-4-2-1-3-5-11;1-6(2)9-5-7(3)4-8-9;2-1-3/h6-8,11H,1-5H2;4-6H,1-3H3;1H,(H2,2,3). The van der Waals surface area contributed by atoms with Gasteiger partial charge in [0.1, 0.15) is 11.8 Å². The van der Waals surface area contributed by atoms with Gasteiger partial charge in [0, 0.05) is 18.3 Å². The molecule has 1 aliphatic rings. The zero-order valence-electron chi connectivity index (χ0n) is 16.8. The zero-order chi connectivity index (χ0) is 20.9. The normalized spacial score (nSPS) is 13.4. The number of rotatable bonds is 3. The number of aromatic nitrogens is 2. The van der Waals surface area contributed by atoms with Gasteiger partial charge >= 0.3 is 0 Å². The van der Waals surface area contributed by atoms with E-state index in [1.54, 1.807) is 12.1 Å². The quantitative estimate of drug-likeness (QED) is 0.743. The molecule has 0 atom stereocenters. The maximum atomic E-state index is 8.76. The lowest BCUT2D eigenvalue weighted by atomic mass is 9.98. The van der Waals surface area contributed by atoms with E-state index in [0.29, 0.717) is 22.7 Å². The molecule has 0 bridgehead atoms. The SMILES string of the molecule is Cc1cnn(C(C)C)c1.N#Cc1ccc(OC2CCCCC2)cc1Cl.NC=O. The smallest absolute Gasteiger partial charge is 0.204 e. The van der Waals surface area contributed by atoms with Gasteiger partial charge in [0.2, 0.25) is 6.41 Å². The Morgan fingerprint density at radius 2 is 2.00 bits per heavy atom. The van der Waals surface area contributed by atoms with Crippen LogP contribution in [-0.4, -0.2) is 22.3 Å². The second-order valence-corrected chi connectivity index (χ2v) is 7.27. The Kier molecular flexibility index (Phi) is 10.7. The average Bonchev–Trinajstić information content (AvgIpc) is 3.11. The van der Waals surface area contributed by atoms with Crippen LogP contribution in [0.25, 0.3) is 0 Å². The summed E-state index contributed by atoms with van der Waals surface area (Å²) in [6.45, 7) is 6.28. The third-order valence-corrected chi connectivity index (χ3v) is 4.49. The van der Waals surface area contributed by atoms with Gasteiger partial charge < -0.3 is 10.5 Å². The van der Waals surface area contributed by atoms with Gasteiger partial charge in [-0.2, -0.15) is 10.4 Å². The molecule has 7 heteroatoms. The molecule has 1 fully saturated rings. The highest BCUT2D eigenvalue weighted by atomic mass is 35.5. The summed E-state index contributed by atoms with van der Waals surface area (Å²) < 4.78 is 7.80. The van der Waals surface area contributed by atoms with Gasteiger partial charge in [-0.15, -0.1) is 0 Å². The van der Waals surface area contributed by atoms with Gasteiger partial charge in [0.25, 0.3) is 0 Å². The molecular formula is C21H29ClN4O2. The molecule has 2 aromatic rings. The Bertz CT molecular complexity index is 762. The van der Waals surface area contributed by atoms with E-state index < -0.39 is 0 Å². The summed E-state index contributed by atoms with van der Waals surface area (Å²) in [6, 6.07) is 7.78. The predicted octanol–water partition coefficient (Wildman–Crippen LogP) is 4.80. The largest absolute Gasteiger partial charge is 0.490 e. The molecule has 1 heterocycles. The number of hydrogen-bond acceptors (Lipinski definition) is 4. The second-order valence-electron chi connectivity index (χ2n) is 6.86. The minimum atomic E-state index is 0.250. The van der Waals surface area contributed by atoms with Crippen molar-refractivity contribution in [1.29, 1.82) is 5.26 Å². The van der Waals surface area contributed by atoms with E-state index >= 15 is 0 Å². The molecule has 0 saturated heterocycles. The average molecular weight is 405 g/mol. The number of benzene rings is 1. The van der Waals surface area contributed by atoms with Crippen LogP contribution in [0.1, 0.15) is 63.1 Å². The van der Waals surface area contributed by atoms with Gasteiger partial charge in [-0.05, 0) is 64.2 Å². The summed E-state index contributed by atoms with van der Waals surface area (Å²) in [6.07, 6.45) is 10.5. The Labute approximate surface area is 172 Å². The lowest BCUT2D eigenvalue weighted by Crippen LogP contribution is -2.19. The van der Waals surface area contributed by atoms with E-state index in [1.807, 2.05) is 36.1 Å². The number of carbonyl (C=O) groups is 1. The third kappa shape index (κ3) is 8.45. The van der Waals surface area contributed by atoms with Gasteiger partial charge in [-0.3, -0.25) is 9.48 Å². The van der Waals surface area contributed by atoms with Crippen molar-refractivity contribution in [2.24, 2.45) is 5.73 Å². The number of aryl methyl sites for hydroxylation is 1. The summed E-state index contributed by atoms with van der Waals surface area (Å²) in [4.78, 5) is 8.58. The molecule has 0 aliphatic heterocycles. The van der Waals surface area contributed by atoms with Crippen molar-refractivity contribution in [2.75, 3.05) is 0 Å². The summed E-state index contributed by atoms with van der Waals surface area (Å²) in [7, 11) is 0. The molecule has 1 aromatic carbocycles. The molecule has 152 valence electrons. The van der Waals surface area contributed by atoms with Crippen molar-refractivity contribution in [2.45, 2.75) is 65.0 Å². The molecule has 1 aliphatic carbocycles. The second kappa shape index (κ2) is 12.8. The molecule has 28 heavy (non-hydrogen) atoms. The molecule has 1 saturated carbocycles. The number of nitrogens with two attached hydrogens (primary N) is 1. The van der Waals surface area contributed by atoms with Crippen LogP contribution in [-0.2, 0) is 4.79 Å². The summed E-state index contributed by atoms with van der Waals surface area (Å²) >= 11 is 5.94. The summed E-state index contributed by atoms with van der Waals surface area (Å²) in [5.74, 6) is 0.774. The molecule has 1 amide bonds. The number of hydrogen-bond donors (Lipinski definition) is 1. The number of primary amides is 1. The van der Waals surface area contributed by atoms with Crippen LogP contribution < -0.4 is 10.5 Å². The van der Waals surface area contributed by atoms with E-state index in [9.17, 15) is 0 Å². The molecule has 0 radical (unpaired) electrons. The van der Waals surface area contributed by atoms with Crippen molar-refractivity contribution in [3.8, 4) is 11.8 Å². The van der Waals surface area contributed by atoms with Crippen LogP contribution >= 0.6 is 11.6 Å². The lowest BCUT2D eigenvalue weighted by molar-refractivity contribution is -0.106. The molecule has 2 N–H and O–H groups in total. The fraction of sp³-hybridized carbons (Fsp3) is 0.476. The van der Waals surface area contributed by atoms with E-state index in [2.05, 4.69) is 24.7 Å². The molecule has 3 rings (SSSR count). The van der Waals surface area contributed by atoms with Crippen molar-refractivity contribution >= 4 is 18.0 Å².